The second-order valence-corrected chi connectivity index (χ2v) is 5.28. The summed E-state index contributed by atoms with van der Waals surface area (Å²) in [7, 11) is 0. The van der Waals surface area contributed by atoms with E-state index in [2.05, 4.69) is 24.3 Å². The minimum Gasteiger partial charge on any atom is -0.445 e. The van der Waals surface area contributed by atoms with Crippen LogP contribution in [-0.2, 0) is 11.3 Å². The van der Waals surface area contributed by atoms with Gasteiger partial charge < -0.3 is 9.64 Å². The van der Waals surface area contributed by atoms with Crippen LogP contribution >= 0.6 is 0 Å². The molecule has 1 fully saturated rings. The summed E-state index contributed by atoms with van der Waals surface area (Å²) in [5, 5.41) is 2.39. The number of nitrogens with zero attached hydrogens (tertiary/aromatic N) is 1. The number of likely N-dealkylation sites (tertiary alicyclic amines) is 1. The SMILES string of the molecule is O=C(OCc1ccc2ccccc2c1)N1CCCCC1. The molecule has 0 atom stereocenters. The molecule has 0 saturated carbocycles. The van der Waals surface area contributed by atoms with Gasteiger partial charge in [0, 0.05) is 13.1 Å². The molecule has 104 valence electrons. The van der Waals surface area contributed by atoms with Crippen molar-refractivity contribution in [2.75, 3.05) is 13.1 Å². The van der Waals surface area contributed by atoms with E-state index in [0.717, 1.165) is 31.5 Å². The molecule has 0 aliphatic carbocycles. The van der Waals surface area contributed by atoms with Gasteiger partial charge in [0.2, 0.25) is 0 Å². The Hall–Kier alpha value is -2.03. The van der Waals surface area contributed by atoms with E-state index in [-0.39, 0.29) is 6.09 Å². The van der Waals surface area contributed by atoms with E-state index in [1.807, 2.05) is 23.1 Å². The maximum atomic E-state index is 11.9. The summed E-state index contributed by atoms with van der Waals surface area (Å²) in [6, 6.07) is 14.4. The number of rotatable bonds is 2. The van der Waals surface area contributed by atoms with Crippen LogP contribution in [0.15, 0.2) is 42.5 Å². The van der Waals surface area contributed by atoms with Gasteiger partial charge in [-0.15, -0.1) is 0 Å². The van der Waals surface area contributed by atoms with Crippen molar-refractivity contribution in [1.82, 2.24) is 4.90 Å². The van der Waals surface area contributed by atoms with Gasteiger partial charge in [-0.1, -0.05) is 36.4 Å². The van der Waals surface area contributed by atoms with Crippen molar-refractivity contribution in [3.8, 4) is 0 Å². The van der Waals surface area contributed by atoms with Gasteiger partial charge in [-0.05, 0) is 41.7 Å². The number of hydrogen-bond donors (Lipinski definition) is 0. The molecule has 0 radical (unpaired) electrons. The van der Waals surface area contributed by atoms with Crippen LogP contribution in [0.4, 0.5) is 4.79 Å². The van der Waals surface area contributed by atoms with Crippen molar-refractivity contribution in [1.29, 1.82) is 0 Å². The monoisotopic (exact) mass is 269 g/mol. The van der Waals surface area contributed by atoms with Crippen molar-refractivity contribution in [2.45, 2.75) is 25.9 Å². The van der Waals surface area contributed by atoms with Crippen LogP contribution in [0.3, 0.4) is 0 Å². The lowest BCUT2D eigenvalue weighted by Gasteiger charge is -2.25. The van der Waals surface area contributed by atoms with Gasteiger partial charge in [-0.2, -0.15) is 0 Å². The molecule has 2 aromatic rings. The molecule has 20 heavy (non-hydrogen) atoms. The average Bonchev–Trinajstić information content (AvgIpc) is 2.53. The number of carbonyl (C=O) groups is 1. The average molecular weight is 269 g/mol. The van der Waals surface area contributed by atoms with Gasteiger partial charge in [-0.25, -0.2) is 4.79 Å². The number of piperidine rings is 1. The molecule has 1 aliphatic heterocycles. The molecule has 0 aromatic heterocycles. The van der Waals surface area contributed by atoms with Crippen LogP contribution in [0.1, 0.15) is 24.8 Å². The number of amides is 1. The molecule has 3 nitrogen and oxygen atoms in total. The predicted molar refractivity (Wildman–Crippen MR) is 79.6 cm³/mol. The number of ether oxygens (including phenoxy) is 1. The summed E-state index contributed by atoms with van der Waals surface area (Å²) in [5.74, 6) is 0. The number of carbonyl (C=O) groups excluding carboxylic acids is 1. The Morgan fingerprint density at radius 3 is 2.55 bits per heavy atom. The van der Waals surface area contributed by atoms with Crippen LogP contribution in [0.2, 0.25) is 0 Å². The molecule has 0 N–H and O–H groups in total. The fraction of sp³-hybridized carbons (Fsp3) is 0.353. The van der Waals surface area contributed by atoms with Crippen LogP contribution in [0, 0.1) is 0 Å². The fourth-order valence-corrected chi connectivity index (χ4v) is 2.64. The molecule has 1 heterocycles. The first kappa shape index (κ1) is 13.0. The number of benzene rings is 2. The van der Waals surface area contributed by atoms with Gasteiger partial charge >= 0.3 is 6.09 Å². The zero-order valence-electron chi connectivity index (χ0n) is 11.5. The third-order valence-electron chi connectivity index (χ3n) is 3.79. The largest absolute Gasteiger partial charge is 0.445 e. The highest BCUT2D eigenvalue weighted by molar-refractivity contribution is 5.83. The van der Waals surface area contributed by atoms with Crippen molar-refractivity contribution < 1.29 is 9.53 Å². The zero-order chi connectivity index (χ0) is 13.8. The number of hydrogen-bond acceptors (Lipinski definition) is 2. The maximum absolute atomic E-state index is 11.9. The van der Waals surface area contributed by atoms with Crippen molar-refractivity contribution in [2.24, 2.45) is 0 Å². The van der Waals surface area contributed by atoms with Crippen LogP contribution in [0.25, 0.3) is 10.8 Å². The molecule has 2 aromatic carbocycles. The summed E-state index contributed by atoms with van der Waals surface area (Å²) in [6.07, 6.45) is 3.21. The Morgan fingerprint density at radius 2 is 1.75 bits per heavy atom. The lowest BCUT2D eigenvalue weighted by molar-refractivity contribution is 0.0895. The molecule has 0 unspecified atom stereocenters. The molecule has 0 spiro atoms. The first-order valence-corrected chi connectivity index (χ1v) is 7.22. The molecule has 3 heteroatoms. The highest BCUT2D eigenvalue weighted by Gasteiger charge is 2.17. The lowest BCUT2D eigenvalue weighted by atomic mass is 10.1. The summed E-state index contributed by atoms with van der Waals surface area (Å²) in [5.41, 5.74) is 1.04. The van der Waals surface area contributed by atoms with Crippen molar-refractivity contribution in [3.05, 3.63) is 48.0 Å². The smallest absolute Gasteiger partial charge is 0.410 e. The minimum absolute atomic E-state index is 0.183. The molecular weight excluding hydrogens is 250 g/mol. The van der Waals surface area contributed by atoms with Gasteiger partial charge in [0.25, 0.3) is 0 Å². The Bertz CT molecular complexity index is 603. The second-order valence-electron chi connectivity index (χ2n) is 5.28. The summed E-state index contributed by atoms with van der Waals surface area (Å²) < 4.78 is 5.40. The van der Waals surface area contributed by atoms with Crippen LogP contribution in [-0.4, -0.2) is 24.1 Å². The van der Waals surface area contributed by atoms with E-state index in [1.54, 1.807) is 0 Å². The van der Waals surface area contributed by atoms with Gasteiger partial charge in [-0.3, -0.25) is 0 Å². The molecule has 1 aliphatic rings. The van der Waals surface area contributed by atoms with Crippen molar-refractivity contribution >= 4 is 16.9 Å². The fourth-order valence-electron chi connectivity index (χ4n) is 2.64. The third kappa shape index (κ3) is 2.93. The molecule has 3 rings (SSSR count). The van der Waals surface area contributed by atoms with E-state index in [4.69, 9.17) is 4.74 Å². The zero-order valence-corrected chi connectivity index (χ0v) is 11.5. The summed E-state index contributed by atoms with van der Waals surface area (Å²) in [6.45, 7) is 2.01. The first-order chi connectivity index (χ1) is 9.83. The van der Waals surface area contributed by atoms with E-state index < -0.39 is 0 Å². The molecule has 1 saturated heterocycles. The second kappa shape index (κ2) is 5.95. The third-order valence-corrected chi connectivity index (χ3v) is 3.79. The van der Waals surface area contributed by atoms with Gasteiger partial charge in [0.15, 0.2) is 0 Å². The highest BCUT2D eigenvalue weighted by atomic mass is 16.6. The molecule has 0 bridgehead atoms. The van der Waals surface area contributed by atoms with Gasteiger partial charge in [0.05, 0.1) is 0 Å². The van der Waals surface area contributed by atoms with Crippen LogP contribution < -0.4 is 0 Å². The van der Waals surface area contributed by atoms with Crippen LogP contribution in [0.5, 0.6) is 0 Å². The van der Waals surface area contributed by atoms with E-state index in [0.29, 0.717) is 6.61 Å². The molecular formula is C17H19NO2. The quantitative estimate of drug-likeness (QED) is 0.825. The van der Waals surface area contributed by atoms with Crippen molar-refractivity contribution in [3.63, 3.8) is 0 Å². The maximum Gasteiger partial charge on any atom is 0.410 e. The topological polar surface area (TPSA) is 29.5 Å². The highest BCUT2D eigenvalue weighted by Crippen LogP contribution is 2.17. The number of fused-ring (bicyclic) bond motifs is 1. The normalized spacial score (nSPS) is 15.3. The summed E-state index contributed by atoms with van der Waals surface area (Å²) >= 11 is 0. The Labute approximate surface area is 119 Å². The minimum atomic E-state index is -0.183. The van der Waals surface area contributed by atoms with Gasteiger partial charge in [0.1, 0.15) is 6.61 Å². The predicted octanol–water partition coefficient (Wildman–Crippen LogP) is 3.96. The Morgan fingerprint density at radius 1 is 1.00 bits per heavy atom. The molecule has 1 amide bonds. The van der Waals surface area contributed by atoms with E-state index in [1.165, 1.54) is 17.2 Å². The lowest BCUT2D eigenvalue weighted by Crippen LogP contribution is -2.35. The summed E-state index contributed by atoms with van der Waals surface area (Å²) in [4.78, 5) is 13.7. The standard InChI is InChI=1S/C17H19NO2/c19-17(18-10-4-1-5-11-18)20-13-14-8-9-15-6-2-3-7-16(15)12-14/h2-3,6-9,12H,1,4-5,10-11,13H2. The first-order valence-electron chi connectivity index (χ1n) is 7.22. The Kier molecular flexibility index (Phi) is 3.86. The van der Waals surface area contributed by atoms with E-state index >= 15 is 0 Å². The Balaban J connectivity index is 1.62. The van der Waals surface area contributed by atoms with E-state index in [9.17, 15) is 4.79 Å².